The van der Waals surface area contributed by atoms with Crippen molar-refractivity contribution in [3.05, 3.63) is 0 Å². The summed E-state index contributed by atoms with van der Waals surface area (Å²) in [7, 11) is 1.15. The number of carbonyl (C=O) groups is 3. The number of ether oxygens (including phenoxy) is 1. The first kappa shape index (κ1) is 14.7. The van der Waals surface area contributed by atoms with Gasteiger partial charge in [0.15, 0.2) is 0 Å². The van der Waals surface area contributed by atoms with E-state index in [-0.39, 0.29) is 12.2 Å². The zero-order chi connectivity index (χ0) is 12.6. The number of rotatable bonds is 6. The lowest BCUT2D eigenvalue weighted by molar-refractivity contribution is -0.138. The molecule has 1 unspecified atom stereocenters. The Hall–Kier alpha value is -1.28. The summed E-state index contributed by atoms with van der Waals surface area (Å²) < 4.78 is 4.22. The van der Waals surface area contributed by atoms with Gasteiger partial charge in [0.25, 0.3) is 0 Å². The molecule has 4 N–H and O–H groups in total. The molecule has 0 rings (SSSR count). The normalized spacial score (nSPS) is 11.6. The maximum atomic E-state index is 11.0. The SMILES string of the molecule is COC(=O)NC(=O)CSCCC(N)C(=O)O. The van der Waals surface area contributed by atoms with Crippen LogP contribution in [0, 0.1) is 0 Å². The van der Waals surface area contributed by atoms with Gasteiger partial charge in [-0.25, -0.2) is 4.79 Å². The molecule has 2 amide bonds. The highest BCUT2D eigenvalue weighted by molar-refractivity contribution is 7.99. The zero-order valence-electron chi connectivity index (χ0n) is 8.76. The van der Waals surface area contributed by atoms with Gasteiger partial charge in [0.2, 0.25) is 5.91 Å². The second-order valence-corrected chi connectivity index (χ2v) is 3.93. The molecular formula is C8H14N2O5S. The Labute approximate surface area is 96.7 Å². The molecule has 1 atom stereocenters. The molecule has 16 heavy (non-hydrogen) atoms. The van der Waals surface area contributed by atoms with Crippen molar-refractivity contribution in [1.29, 1.82) is 0 Å². The number of imide groups is 1. The Morgan fingerprint density at radius 1 is 1.50 bits per heavy atom. The third-order valence-electron chi connectivity index (χ3n) is 1.55. The van der Waals surface area contributed by atoms with E-state index in [1.807, 2.05) is 5.32 Å². The van der Waals surface area contributed by atoms with Crippen LogP contribution in [0.2, 0.25) is 0 Å². The Morgan fingerprint density at radius 3 is 2.62 bits per heavy atom. The molecule has 0 radical (unpaired) electrons. The number of alkyl carbamates (subject to hydrolysis) is 1. The predicted molar refractivity (Wildman–Crippen MR) is 58.1 cm³/mol. The van der Waals surface area contributed by atoms with Gasteiger partial charge in [-0.2, -0.15) is 11.8 Å². The Balaban J connectivity index is 3.55. The Kier molecular flexibility index (Phi) is 7.31. The summed E-state index contributed by atoms with van der Waals surface area (Å²) in [5.74, 6) is -1.07. The van der Waals surface area contributed by atoms with E-state index >= 15 is 0 Å². The van der Waals surface area contributed by atoms with Crippen molar-refractivity contribution in [2.24, 2.45) is 5.73 Å². The lowest BCUT2D eigenvalue weighted by atomic mass is 10.2. The van der Waals surface area contributed by atoms with E-state index in [9.17, 15) is 14.4 Å². The second kappa shape index (κ2) is 7.94. The number of hydrogen-bond donors (Lipinski definition) is 3. The van der Waals surface area contributed by atoms with Crippen LogP contribution >= 0.6 is 11.8 Å². The number of thioether (sulfide) groups is 1. The molecule has 7 nitrogen and oxygen atoms in total. The van der Waals surface area contributed by atoms with Crippen molar-refractivity contribution < 1.29 is 24.2 Å². The standard InChI is InChI=1S/C8H14N2O5S/c1-15-8(14)10-6(11)4-16-3-2-5(9)7(12)13/h5H,2-4,9H2,1H3,(H,12,13)(H,10,11,14). The first-order valence-electron chi connectivity index (χ1n) is 4.41. The molecular weight excluding hydrogens is 236 g/mol. The molecule has 0 spiro atoms. The number of hydrogen-bond acceptors (Lipinski definition) is 6. The highest BCUT2D eigenvalue weighted by Crippen LogP contribution is 2.03. The number of carboxylic acids is 1. The van der Waals surface area contributed by atoms with Gasteiger partial charge < -0.3 is 15.6 Å². The molecule has 8 heteroatoms. The fourth-order valence-corrected chi connectivity index (χ4v) is 1.52. The van der Waals surface area contributed by atoms with E-state index in [1.54, 1.807) is 0 Å². The summed E-state index contributed by atoms with van der Waals surface area (Å²) >= 11 is 1.20. The average molecular weight is 250 g/mol. The van der Waals surface area contributed by atoms with E-state index in [4.69, 9.17) is 10.8 Å². The first-order chi connectivity index (χ1) is 7.47. The molecule has 0 fully saturated rings. The van der Waals surface area contributed by atoms with E-state index in [1.165, 1.54) is 11.8 Å². The molecule has 0 aromatic heterocycles. The number of carbonyl (C=O) groups excluding carboxylic acids is 2. The molecule has 0 aromatic carbocycles. The number of nitrogens with one attached hydrogen (secondary N) is 1. The van der Waals surface area contributed by atoms with Crippen molar-refractivity contribution in [2.45, 2.75) is 12.5 Å². The summed E-state index contributed by atoms with van der Waals surface area (Å²) in [6, 6.07) is -0.920. The van der Waals surface area contributed by atoms with E-state index in [0.29, 0.717) is 5.75 Å². The van der Waals surface area contributed by atoms with Crippen molar-refractivity contribution in [3.63, 3.8) is 0 Å². The topological polar surface area (TPSA) is 119 Å². The molecule has 0 aliphatic rings. The highest BCUT2D eigenvalue weighted by Gasteiger charge is 2.11. The van der Waals surface area contributed by atoms with E-state index in [0.717, 1.165) is 7.11 Å². The largest absolute Gasteiger partial charge is 0.480 e. The van der Waals surface area contributed by atoms with Crippen LogP contribution in [0.15, 0.2) is 0 Å². The third-order valence-corrected chi connectivity index (χ3v) is 2.54. The summed E-state index contributed by atoms with van der Waals surface area (Å²) in [6.45, 7) is 0. The molecule has 0 heterocycles. The third kappa shape index (κ3) is 7.07. The summed E-state index contributed by atoms with van der Waals surface area (Å²) in [6.07, 6.45) is -0.543. The Bertz CT molecular complexity index is 271. The minimum Gasteiger partial charge on any atom is -0.480 e. The van der Waals surface area contributed by atoms with Crippen LogP contribution in [-0.2, 0) is 14.3 Å². The first-order valence-corrected chi connectivity index (χ1v) is 5.56. The van der Waals surface area contributed by atoms with Crippen LogP contribution in [0.4, 0.5) is 4.79 Å². The van der Waals surface area contributed by atoms with E-state index in [2.05, 4.69) is 4.74 Å². The second-order valence-electron chi connectivity index (χ2n) is 2.83. The molecule has 0 saturated heterocycles. The van der Waals surface area contributed by atoms with Gasteiger partial charge >= 0.3 is 12.1 Å². The van der Waals surface area contributed by atoms with Crippen LogP contribution in [0.25, 0.3) is 0 Å². The fraction of sp³-hybridized carbons (Fsp3) is 0.625. The van der Waals surface area contributed by atoms with Gasteiger partial charge in [-0.15, -0.1) is 0 Å². The number of aliphatic carboxylic acids is 1. The number of amides is 2. The summed E-state index contributed by atoms with van der Waals surface area (Å²) in [5, 5.41) is 10.4. The van der Waals surface area contributed by atoms with Crippen molar-refractivity contribution in [3.8, 4) is 0 Å². The molecule has 0 bridgehead atoms. The molecule has 0 saturated carbocycles. The van der Waals surface area contributed by atoms with Crippen molar-refractivity contribution in [1.82, 2.24) is 5.32 Å². The van der Waals surface area contributed by atoms with Gasteiger partial charge in [-0.3, -0.25) is 14.9 Å². The van der Waals surface area contributed by atoms with Crippen LogP contribution in [-0.4, -0.2) is 47.7 Å². The maximum absolute atomic E-state index is 11.0. The minimum absolute atomic E-state index is 0.0570. The predicted octanol–water partition coefficient (Wildman–Crippen LogP) is -0.596. The fourth-order valence-electron chi connectivity index (χ4n) is 0.700. The van der Waals surface area contributed by atoms with Crippen molar-refractivity contribution >= 4 is 29.7 Å². The monoisotopic (exact) mass is 250 g/mol. The minimum atomic E-state index is -1.07. The number of nitrogens with two attached hydrogens (primary N) is 1. The van der Waals surface area contributed by atoms with Crippen LogP contribution < -0.4 is 11.1 Å². The van der Waals surface area contributed by atoms with Crippen LogP contribution in [0.5, 0.6) is 0 Å². The van der Waals surface area contributed by atoms with Crippen LogP contribution in [0.3, 0.4) is 0 Å². The highest BCUT2D eigenvalue weighted by atomic mass is 32.2. The van der Waals surface area contributed by atoms with E-state index < -0.39 is 24.0 Å². The van der Waals surface area contributed by atoms with Crippen molar-refractivity contribution in [2.75, 3.05) is 18.6 Å². The van der Waals surface area contributed by atoms with Gasteiger partial charge in [0.05, 0.1) is 12.9 Å². The quantitative estimate of drug-likeness (QED) is 0.539. The smallest absolute Gasteiger partial charge is 0.413 e. The average Bonchev–Trinajstić information content (AvgIpc) is 2.23. The lowest BCUT2D eigenvalue weighted by Crippen LogP contribution is -2.32. The zero-order valence-corrected chi connectivity index (χ0v) is 9.58. The van der Waals surface area contributed by atoms with Gasteiger partial charge in [-0.1, -0.05) is 0 Å². The summed E-state index contributed by atoms with van der Waals surface area (Å²) in [4.78, 5) is 31.9. The Morgan fingerprint density at radius 2 is 2.12 bits per heavy atom. The van der Waals surface area contributed by atoms with Gasteiger partial charge in [-0.05, 0) is 12.2 Å². The molecule has 0 aliphatic heterocycles. The van der Waals surface area contributed by atoms with Gasteiger partial charge in [0, 0.05) is 0 Å². The molecule has 0 aliphatic carbocycles. The van der Waals surface area contributed by atoms with Crippen LogP contribution in [0.1, 0.15) is 6.42 Å². The number of methoxy groups -OCH3 is 1. The maximum Gasteiger partial charge on any atom is 0.413 e. The van der Waals surface area contributed by atoms with Gasteiger partial charge in [0.1, 0.15) is 6.04 Å². The molecule has 92 valence electrons. The summed E-state index contributed by atoms with van der Waals surface area (Å²) in [5.41, 5.74) is 5.25. The lowest BCUT2D eigenvalue weighted by Gasteiger charge is -2.05. The molecule has 0 aromatic rings. The number of carboxylic acid groups (broad SMARTS) is 1.